The van der Waals surface area contributed by atoms with Crippen LogP contribution in [0.3, 0.4) is 0 Å². The molecule has 2 atom stereocenters. The van der Waals surface area contributed by atoms with E-state index in [-0.39, 0.29) is 11.7 Å². The van der Waals surface area contributed by atoms with E-state index in [0.29, 0.717) is 28.7 Å². The van der Waals surface area contributed by atoms with Crippen molar-refractivity contribution < 1.29 is 19.0 Å². The molecule has 2 rings (SSSR count). The van der Waals surface area contributed by atoms with E-state index in [0.717, 1.165) is 19.3 Å². The van der Waals surface area contributed by atoms with Crippen molar-refractivity contribution in [2.75, 3.05) is 21.3 Å². The van der Waals surface area contributed by atoms with Gasteiger partial charge in [0.05, 0.1) is 26.9 Å². The minimum Gasteiger partial charge on any atom is -0.496 e. The summed E-state index contributed by atoms with van der Waals surface area (Å²) in [5.41, 5.74) is 0.592. The van der Waals surface area contributed by atoms with Crippen LogP contribution in [0.1, 0.15) is 43.0 Å². The van der Waals surface area contributed by atoms with Crippen LogP contribution >= 0.6 is 0 Å². The first-order chi connectivity index (χ1) is 10.1. The van der Waals surface area contributed by atoms with Crippen LogP contribution in [0.4, 0.5) is 0 Å². The molecular weight excluding hydrogens is 268 g/mol. The Morgan fingerprint density at radius 3 is 2.19 bits per heavy atom. The molecule has 0 amide bonds. The first-order valence-electron chi connectivity index (χ1n) is 7.44. The highest BCUT2D eigenvalue weighted by atomic mass is 16.5. The van der Waals surface area contributed by atoms with E-state index in [1.807, 2.05) is 0 Å². The Hall–Kier alpha value is -1.71. The molecule has 0 radical (unpaired) electrons. The fraction of sp³-hybridized carbons (Fsp3) is 0.588. The molecule has 0 bridgehead atoms. The third-order valence-corrected chi connectivity index (χ3v) is 4.28. The second-order valence-electron chi connectivity index (χ2n) is 5.74. The Labute approximate surface area is 126 Å². The predicted octanol–water partition coefficient (Wildman–Crippen LogP) is 3.72. The third-order valence-electron chi connectivity index (χ3n) is 4.28. The second kappa shape index (κ2) is 6.83. The van der Waals surface area contributed by atoms with Crippen LogP contribution in [0.2, 0.25) is 0 Å². The number of methoxy groups -OCH3 is 3. The van der Waals surface area contributed by atoms with Crippen LogP contribution < -0.4 is 14.2 Å². The molecule has 0 aromatic heterocycles. The van der Waals surface area contributed by atoms with Crippen LogP contribution in [0.15, 0.2) is 12.1 Å². The number of Topliss-reactive ketones (excluding diaryl/α,β-unsaturated/α-hetero) is 1. The minimum absolute atomic E-state index is 0.0840. The highest BCUT2D eigenvalue weighted by Crippen LogP contribution is 2.38. The quantitative estimate of drug-likeness (QED) is 0.776. The first-order valence-corrected chi connectivity index (χ1v) is 7.44. The van der Waals surface area contributed by atoms with Crippen molar-refractivity contribution in [3.63, 3.8) is 0 Å². The van der Waals surface area contributed by atoms with Gasteiger partial charge in [-0.05, 0) is 24.8 Å². The molecule has 116 valence electrons. The van der Waals surface area contributed by atoms with Gasteiger partial charge in [0, 0.05) is 12.0 Å². The summed E-state index contributed by atoms with van der Waals surface area (Å²) >= 11 is 0. The Balaban J connectivity index is 2.34. The van der Waals surface area contributed by atoms with Crippen molar-refractivity contribution in [1.29, 1.82) is 0 Å². The van der Waals surface area contributed by atoms with Gasteiger partial charge >= 0.3 is 0 Å². The van der Waals surface area contributed by atoms with E-state index >= 15 is 0 Å². The summed E-state index contributed by atoms with van der Waals surface area (Å²) in [6.45, 7) is 2.21. The summed E-state index contributed by atoms with van der Waals surface area (Å²) in [6.07, 6.45) is 4.25. The first kappa shape index (κ1) is 15.7. The van der Waals surface area contributed by atoms with Gasteiger partial charge in [0.15, 0.2) is 17.3 Å². The maximum Gasteiger partial charge on any atom is 0.169 e. The zero-order valence-electron chi connectivity index (χ0n) is 13.3. The fourth-order valence-electron chi connectivity index (χ4n) is 3.11. The average molecular weight is 292 g/mol. The van der Waals surface area contributed by atoms with Crippen LogP contribution in [0.25, 0.3) is 0 Å². The Bertz CT molecular complexity index is 510. The van der Waals surface area contributed by atoms with Crippen molar-refractivity contribution in [3.05, 3.63) is 17.7 Å². The summed E-state index contributed by atoms with van der Waals surface area (Å²) < 4.78 is 15.9. The summed E-state index contributed by atoms with van der Waals surface area (Å²) in [6, 6.07) is 3.46. The number of benzene rings is 1. The second-order valence-corrected chi connectivity index (χ2v) is 5.74. The van der Waals surface area contributed by atoms with Crippen LogP contribution in [0.5, 0.6) is 17.2 Å². The number of ketones is 1. The lowest BCUT2D eigenvalue weighted by atomic mass is 9.78. The van der Waals surface area contributed by atoms with Gasteiger partial charge in [-0.3, -0.25) is 4.79 Å². The number of carbonyl (C=O) groups excluding carboxylic acids is 1. The summed E-state index contributed by atoms with van der Waals surface area (Å²) in [5.74, 6) is 2.53. The molecule has 4 nitrogen and oxygen atoms in total. The molecule has 1 aliphatic carbocycles. The van der Waals surface area contributed by atoms with Gasteiger partial charge in [-0.1, -0.05) is 19.8 Å². The average Bonchev–Trinajstić information content (AvgIpc) is 2.52. The highest BCUT2D eigenvalue weighted by molar-refractivity contribution is 6.01. The lowest BCUT2D eigenvalue weighted by Gasteiger charge is -2.26. The third kappa shape index (κ3) is 3.31. The molecule has 1 aliphatic rings. The van der Waals surface area contributed by atoms with Gasteiger partial charge in [-0.15, -0.1) is 0 Å². The van der Waals surface area contributed by atoms with Crippen molar-refractivity contribution in [1.82, 2.24) is 0 Å². The monoisotopic (exact) mass is 292 g/mol. The molecule has 0 heterocycles. The zero-order chi connectivity index (χ0) is 15.4. The van der Waals surface area contributed by atoms with E-state index in [1.54, 1.807) is 33.5 Å². The summed E-state index contributed by atoms with van der Waals surface area (Å²) in [5, 5.41) is 0. The largest absolute Gasteiger partial charge is 0.496 e. The van der Waals surface area contributed by atoms with Crippen molar-refractivity contribution in [3.8, 4) is 17.2 Å². The minimum atomic E-state index is 0.0840. The molecule has 1 fully saturated rings. The molecule has 1 saturated carbocycles. The lowest BCUT2D eigenvalue weighted by Crippen LogP contribution is -2.22. The number of ether oxygens (including phenoxy) is 3. The van der Waals surface area contributed by atoms with Gasteiger partial charge in [-0.25, -0.2) is 0 Å². The van der Waals surface area contributed by atoms with Crippen LogP contribution in [0, 0.1) is 11.8 Å². The number of carbonyl (C=O) groups is 1. The molecule has 2 unspecified atom stereocenters. The van der Waals surface area contributed by atoms with Crippen molar-refractivity contribution in [2.45, 2.75) is 32.6 Å². The fourth-order valence-corrected chi connectivity index (χ4v) is 3.11. The number of hydrogen-bond donors (Lipinski definition) is 0. The van der Waals surface area contributed by atoms with E-state index in [2.05, 4.69) is 6.92 Å². The molecule has 0 spiro atoms. The molecule has 21 heavy (non-hydrogen) atoms. The zero-order valence-corrected chi connectivity index (χ0v) is 13.3. The van der Waals surface area contributed by atoms with E-state index in [4.69, 9.17) is 14.2 Å². The standard InChI is InChI=1S/C17H24O4/c1-11-6-5-7-12(8-11)17(18)13-9-15(20-3)16(21-4)10-14(13)19-2/h9-12H,5-8H2,1-4H3. The molecule has 1 aromatic carbocycles. The number of hydrogen-bond acceptors (Lipinski definition) is 4. The molecule has 0 N–H and O–H groups in total. The summed E-state index contributed by atoms with van der Waals surface area (Å²) in [7, 11) is 4.71. The van der Waals surface area contributed by atoms with E-state index in [1.165, 1.54) is 6.42 Å². The van der Waals surface area contributed by atoms with Crippen LogP contribution in [-0.2, 0) is 0 Å². The Kier molecular flexibility index (Phi) is 5.10. The SMILES string of the molecule is COc1cc(OC)c(C(=O)C2CCCC(C)C2)cc1OC. The molecule has 4 heteroatoms. The molecule has 1 aromatic rings. The predicted molar refractivity (Wildman–Crippen MR) is 81.6 cm³/mol. The maximum atomic E-state index is 12.8. The summed E-state index contributed by atoms with van der Waals surface area (Å²) in [4.78, 5) is 12.8. The van der Waals surface area contributed by atoms with Crippen molar-refractivity contribution >= 4 is 5.78 Å². The van der Waals surface area contributed by atoms with Gasteiger partial charge < -0.3 is 14.2 Å². The van der Waals surface area contributed by atoms with Gasteiger partial charge in [0.2, 0.25) is 0 Å². The normalized spacial score (nSPS) is 21.7. The smallest absolute Gasteiger partial charge is 0.169 e. The van der Waals surface area contributed by atoms with E-state index < -0.39 is 0 Å². The molecule has 0 saturated heterocycles. The topological polar surface area (TPSA) is 44.8 Å². The Morgan fingerprint density at radius 2 is 1.62 bits per heavy atom. The maximum absolute atomic E-state index is 12.8. The van der Waals surface area contributed by atoms with Crippen molar-refractivity contribution in [2.24, 2.45) is 11.8 Å². The van der Waals surface area contributed by atoms with Crippen LogP contribution in [-0.4, -0.2) is 27.1 Å². The lowest BCUT2D eigenvalue weighted by molar-refractivity contribution is 0.0864. The number of rotatable bonds is 5. The van der Waals surface area contributed by atoms with E-state index in [9.17, 15) is 4.79 Å². The van der Waals surface area contributed by atoms with Gasteiger partial charge in [0.1, 0.15) is 5.75 Å². The Morgan fingerprint density at radius 1 is 1.00 bits per heavy atom. The highest BCUT2D eigenvalue weighted by Gasteiger charge is 2.28. The van der Waals surface area contributed by atoms with Gasteiger partial charge in [-0.2, -0.15) is 0 Å². The van der Waals surface area contributed by atoms with Gasteiger partial charge in [0.25, 0.3) is 0 Å². The molecule has 0 aliphatic heterocycles. The molecular formula is C17H24O4.